The molecular weight excluding hydrogens is 249 g/mol. The Morgan fingerprint density at radius 1 is 1.53 bits per heavy atom. The van der Waals surface area contributed by atoms with Gasteiger partial charge in [-0.05, 0) is 29.6 Å². The molecule has 0 aliphatic rings. The highest BCUT2D eigenvalue weighted by molar-refractivity contribution is 5.67. The molecule has 1 aromatic carbocycles. The van der Waals surface area contributed by atoms with E-state index in [9.17, 15) is 9.18 Å². The zero-order chi connectivity index (χ0) is 14.1. The summed E-state index contributed by atoms with van der Waals surface area (Å²) in [5, 5.41) is 11.9. The molecule has 0 aliphatic carbocycles. The van der Waals surface area contributed by atoms with E-state index in [-0.39, 0.29) is 19.4 Å². The predicted molar refractivity (Wildman–Crippen MR) is 67.9 cm³/mol. The van der Waals surface area contributed by atoms with Crippen molar-refractivity contribution in [3.05, 3.63) is 45.6 Å². The lowest BCUT2D eigenvalue weighted by molar-refractivity contribution is -0.136. The van der Waals surface area contributed by atoms with Crippen molar-refractivity contribution in [2.24, 2.45) is 5.11 Å². The quantitative estimate of drug-likeness (QED) is 0.290. The van der Waals surface area contributed by atoms with E-state index >= 15 is 0 Å². The van der Waals surface area contributed by atoms with E-state index < -0.39 is 11.8 Å². The van der Waals surface area contributed by atoms with Crippen LogP contribution in [-0.2, 0) is 11.2 Å². The van der Waals surface area contributed by atoms with Crippen molar-refractivity contribution in [2.75, 3.05) is 6.54 Å². The van der Waals surface area contributed by atoms with Crippen LogP contribution in [0.25, 0.3) is 10.4 Å². The summed E-state index contributed by atoms with van der Waals surface area (Å²) >= 11 is 0. The van der Waals surface area contributed by atoms with Crippen LogP contribution in [0.1, 0.15) is 24.0 Å². The molecule has 1 aromatic rings. The zero-order valence-corrected chi connectivity index (χ0v) is 10.1. The van der Waals surface area contributed by atoms with E-state index in [4.69, 9.17) is 10.6 Å². The third-order valence-corrected chi connectivity index (χ3v) is 2.29. The highest BCUT2D eigenvalue weighted by Gasteiger charge is 2.05. The third-order valence-electron chi connectivity index (χ3n) is 2.29. The van der Waals surface area contributed by atoms with Crippen LogP contribution >= 0.6 is 0 Å². The Labute approximate surface area is 109 Å². The number of aliphatic carboxylic acids is 1. The molecule has 0 atom stereocenters. The van der Waals surface area contributed by atoms with Gasteiger partial charge in [-0.25, -0.2) is 4.39 Å². The Hall–Kier alpha value is -2.51. The van der Waals surface area contributed by atoms with Crippen LogP contribution < -0.4 is 0 Å². The van der Waals surface area contributed by atoms with E-state index in [1.807, 2.05) is 0 Å². The maximum Gasteiger partial charge on any atom is 0.303 e. The Bertz CT molecular complexity index is 569. The number of aryl methyl sites for hydroxylation is 1. The molecule has 1 N–H and O–H groups in total. The van der Waals surface area contributed by atoms with E-state index in [2.05, 4.69) is 21.9 Å². The molecule has 0 unspecified atom stereocenters. The van der Waals surface area contributed by atoms with Gasteiger partial charge in [0.1, 0.15) is 5.82 Å². The van der Waals surface area contributed by atoms with Gasteiger partial charge >= 0.3 is 5.97 Å². The van der Waals surface area contributed by atoms with Gasteiger partial charge in [0, 0.05) is 29.9 Å². The van der Waals surface area contributed by atoms with Gasteiger partial charge in [0.15, 0.2) is 0 Å². The molecular formula is C13H12FN3O2. The molecule has 5 nitrogen and oxygen atoms in total. The van der Waals surface area contributed by atoms with Crippen molar-refractivity contribution in [3.8, 4) is 11.8 Å². The molecule has 0 saturated carbocycles. The molecule has 0 spiro atoms. The standard InChI is InChI=1S/C13H12FN3O2/c14-12-9-10(3-1-2-8-16-17-15)4-5-11(12)6-7-13(18)19/h4-5,9H,2,6-8H2,(H,18,19). The molecule has 0 bridgehead atoms. The fraction of sp³-hybridized carbons (Fsp3) is 0.308. The first-order valence-corrected chi connectivity index (χ1v) is 5.63. The number of halogens is 1. The molecule has 0 fully saturated rings. The second kappa shape index (κ2) is 7.75. The molecule has 19 heavy (non-hydrogen) atoms. The Morgan fingerprint density at radius 3 is 2.95 bits per heavy atom. The van der Waals surface area contributed by atoms with Gasteiger partial charge in [0.05, 0.1) is 0 Å². The average molecular weight is 261 g/mol. The van der Waals surface area contributed by atoms with Crippen LogP contribution in [-0.4, -0.2) is 17.6 Å². The number of hydrogen-bond acceptors (Lipinski definition) is 2. The minimum absolute atomic E-state index is 0.103. The lowest BCUT2D eigenvalue weighted by Gasteiger charge is -2.01. The lowest BCUT2D eigenvalue weighted by atomic mass is 10.1. The summed E-state index contributed by atoms with van der Waals surface area (Å²) < 4.78 is 13.6. The second-order valence-electron chi connectivity index (χ2n) is 3.71. The van der Waals surface area contributed by atoms with Gasteiger partial charge in [0.2, 0.25) is 0 Å². The van der Waals surface area contributed by atoms with Crippen molar-refractivity contribution in [1.82, 2.24) is 0 Å². The number of carbonyl (C=O) groups is 1. The van der Waals surface area contributed by atoms with Gasteiger partial charge in [-0.15, -0.1) is 0 Å². The van der Waals surface area contributed by atoms with Crippen LogP contribution in [0, 0.1) is 17.7 Å². The lowest BCUT2D eigenvalue weighted by Crippen LogP contribution is -1.99. The molecule has 0 heterocycles. The van der Waals surface area contributed by atoms with Gasteiger partial charge in [0.25, 0.3) is 0 Å². The van der Waals surface area contributed by atoms with Crippen molar-refractivity contribution in [2.45, 2.75) is 19.3 Å². The second-order valence-corrected chi connectivity index (χ2v) is 3.71. The first-order valence-electron chi connectivity index (χ1n) is 5.63. The summed E-state index contributed by atoms with van der Waals surface area (Å²) in [6.45, 7) is 0.280. The summed E-state index contributed by atoms with van der Waals surface area (Å²) in [4.78, 5) is 13.0. The monoisotopic (exact) mass is 261 g/mol. The number of azide groups is 1. The van der Waals surface area contributed by atoms with Crippen LogP contribution in [0.3, 0.4) is 0 Å². The normalized spacial score (nSPS) is 9.11. The molecule has 1 rings (SSSR count). The maximum absolute atomic E-state index is 13.6. The van der Waals surface area contributed by atoms with Crippen LogP contribution in [0.15, 0.2) is 23.3 Å². The summed E-state index contributed by atoms with van der Waals surface area (Å²) in [6.07, 6.45) is 0.465. The van der Waals surface area contributed by atoms with E-state index in [1.165, 1.54) is 12.1 Å². The highest BCUT2D eigenvalue weighted by Crippen LogP contribution is 2.12. The van der Waals surface area contributed by atoms with Crippen molar-refractivity contribution in [3.63, 3.8) is 0 Å². The van der Waals surface area contributed by atoms with Crippen molar-refractivity contribution in [1.29, 1.82) is 0 Å². The van der Waals surface area contributed by atoms with E-state index in [0.717, 1.165) is 0 Å². The molecule has 0 saturated heterocycles. The van der Waals surface area contributed by atoms with E-state index in [0.29, 0.717) is 17.5 Å². The first kappa shape index (κ1) is 14.6. The van der Waals surface area contributed by atoms with Gasteiger partial charge in [-0.2, -0.15) is 0 Å². The molecule has 0 amide bonds. The summed E-state index contributed by atoms with van der Waals surface area (Å²) in [6, 6.07) is 4.45. The third kappa shape index (κ3) is 5.57. The zero-order valence-electron chi connectivity index (χ0n) is 10.1. The Balaban J connectivity index is 2.65. The molecule has 0 aliphatic heterocycles. The highest BCUT2D eigenvalue weighted by atomic mass is 19.1. The predicted octanol–water partition coefficient (Wildman–Crippen LogP) is 2.89. The minimum Gasteiger partial charge on any atom is -0.481 e. The Morgan fingerprint density at radius 2 is 2.32 bits per heavy atom. The fourth-order valence-electron chi connectivity index (χ4n) is 1.38. The molecule has 0 radical (unpaired) electrons. The Kier molecular flexibility index (Phi) is 5.93. The van der Waals surface area contributed by atoms with Crippen LogP contribution in [0.5, 0.6) is 0 Å². The number of benzene rings is 1. The van der Waals surface area contributed by atoms with Gasteiger partial charge in [-0.1, -0.05) is 23.0 Å². The minimum atomic E-state index is -0.957. The fourth-order valence-corrected chi connectivity index (χ4v) is 1.38. The summed E-state index contributed by atoms with van der Waals surface area (Å²) in [5.41, 5.74) is 8.93. The number of carboxylic acids is 1. The number of nitrogens with zero attached hydrogens (tertiary/aromatic N) is 3. The molecule has 0 aromatic heterocycles. The number of rotatable bonds is 5. The topological polar surface area (TPSA) is 86.1 Å². The smallest absolute Gasteiger partial charge is 0.303 e. The van der Waals surface area contributed by atoms with Gasteiger partial charge < -0.3 is 5.11 Å². The van der Waals surface area contributed by atoms with E-state index in [1.54, 1.807) is 6.07 Å². The van der Waals surface area contributed by atoms with Crippen molar-refractivity contribution >= 4 is 5.97 Å². The molecule has 98 valence electrons. The van der Waals surface area contributed by atoms with Crippen LogP contribution in [0.2, 0.25) is 0 Å². The van der Waals surface area contributed by atoms with Crippen LogP contribution in [0.4, 0.5) is 4.39 Å². The average Bonchev–Trinajstić information content (AvgIpc) is 2.37. The maximum atomic E-state index is 13.6. The first-order chi connectivity index (χ1) is 9.13. The summed E-state index contributed by atoms with van der Waals surface area (Å²) in [7, 11) is 0. The number of carboxylic acid groups (broad SMARTS) is 1. The van der Waals surface area contributed by atoms with Crippen molar-refractivity contribution < 1.29 is 14.3 Å². The number of hydrogen-bond donors (Lipinski definition) is 1. The largest absolute Gasteiger partial charge is 0.481 e. The molecule has 6 heteroatoms. The SMILES string of the molecule is [N-]=[N+]=NCCC#Cc1ccc(CCC(=O)O)c(F)c1. The summed E-state index contributed by atoms with van der Waals surface area (Å²) in [5.74, 6) is 4.09. The van der Waals surface area contributed by atoms with Gasteiger partial charge in [-0.3, -0.25) is 4.79 Å².